The number of carboxylic acids is 1. The van der Waals surface area contributed by atoms with Crippen molar-refractivity contribution >= 4 is 23.0 Å². The van der Waals surface area contributed by atoms with Gasteiger partial charge in [-0.2, -0.15) is 0 Å². The molecule has 0 unspecified atom stereocenters. The number of furan rings is 1. The minimum absolute atomic E-state index is 0.115. The Labute approximate surface area is 115 Å². The van der Waals surface area contributed by atoms with Crippen molar-refractivity contribution in [3.63, 3.8) is 0 Å². The molecule has 0 saturated carbocycles. The number of hydrogen-bond acceptors (Lipinski definition) is 4. The number of carboxylic acid groups (broad SMARTS) is 1. The van der Waals surface area contributed by atoms with Gasteiger partial charge in [-0.3, -0.25) is 9.59 Å². The van der Waals surface area contributed by atoms with E-state index in [0.29, 0.717) is 30.5 Å². The van der Waals surface area contributed by atoms with Gasteiger partial charge in [-0.15, -0.1) is 0 Å². The van der Waals surface area contributed by atoms with Crippen LogP contribution in [0.25, 0.3) is 11.1 Å². The van der Waals surface area contributed by atoms with Crippen LogP contribution in [0.5, 0.6) is 0 Å². The molecule has 20 heavy (non-hydrogen) atoms. The van der Waals surface area contributed by atoms with Crippen LogP contribution in [0.1, 0.15) is 35.5 Å². The summed E-state index contributed by atoms with van der Waals surface area (Å²) in [5.41, 5.74) is 2.09. The highest BCUT2D eigenvalue weighted by atomic mass is 16.4. The Morgan fingerprint density at radius 2 is 2.15 bits per heavy atom. The van der Waals surface area contributed by atoms with Crippen LogP contribution >= 0.6 is 0 Å². The van der Waals surface area contributed by atoms with Crippen molar-refractivity contribution in [3.05, 3.63) is 29.7 Å². The first kappa shape index (κ1) is 14.0. The van der Waals surface area contributed by atoms with Gasteiger partial charge >= 0.3 is 5.97 Å². The second-order valence-electron chi connectivity index (χ2n) is 4.55. The number of aliphatic carboxylic acids is 1. The average molecular weight is 276 g/mol. The van der Waals surface area contributed by atoms with Gasteiger partial charge in [-0.25, -0.2) is 4.98 Å². The lowest BCUT2D eigenvalue weighted by atomic mass is 10.2. The molecule has 0 aliphatic carbocycles. The van der Waals surface area contributed by atoms with Gasteiger partial charge in [0, 0.05) is 24.7 Å². The van der Waals surface area contributed by atoms with Crippen molar-refractivity contribution in [2.24, 2.45) is 0 Å². The molecule has 0 fully saturated rings. The number of fused-ring (bicyclic) bond motifs is 1. The van der Waals surface area contributed by atoms with E-state index in [1.807, 2.05) is 13.0 Å². The number of rotatable bonds is 6. The molecule has 2 N–H and O–H groups in total. The van der Waals surface area contributed by atoms with E-state index in [0.717, 1.165) is 5.69 Å². The number of nitrogens with zero attached hydrogens (tertiary/aromatic N) is 1. The third-order valence-electron chi connectivity index (χ3n) is 2.84. The lowest BCUT2D eigenvalue weighted by Crippen LogP contribution is -2.24. The van der Waals surface area contributed by atoms with E-state index < -0.39 is 5.97 Å². The van der Waals surface area contributed by atoms with Crippen LogP contribution in [-0.4, -0.2) is 28.5 Å². The van der Waals surface area contributed by atoms with E-state index in [4.69, 9.17) is 9.52 Å². The van der Waals surface area contributed by atoms with E-state index in [9.17, 15) is 9.59 Å². The highest BCUT2D eigenvalue weighted by Gasteiger charge is 2.12. The van der Waals surface area contributed by atoms with Crippen molar-refractivity contribution in [1.82, 2.24) is 10.3 Å². The van der Waals surface area contributed by atoms with Gasteiger partial charge < -0.3 is 14.8 Å². The fourth-order valence-electron chi connectivity index (χ4n) is 1.83. The maximum Gasteiger partial charge on any atom is 0.303 e. The number of aryl methyl sites for hydroxylation is 1. The van der Waals surface area contributed by atoms with E-state index in [1.54, 1.807) is 12.1 Å². The minimum Gasteiger partial charge on any atom is -0.481 e. The molecule has 0 spiro atoms. The van der Waals surface area contributed by atoms with Gasteiger partial charge in [0.2, 0.25) is 0 Å². The zero-order valence-electron chi connectivity index (χ0n) is 11.2. The van der Waals surface area contributed by atoms with E-state index >= 15 is 0 Å². The molecule has 0 radical (unpaired) electrons. The van der Waals surface area contributed by atoms with Gasteiger partial charge in [0.25, 0.3) is 5.91 Å². The third kappa shape index (κ3) is 3.57. The Kier molecular flexibility index (Phi) is 4.34. The second kappa shape index (κ2) is 6.18. The zero-order chi connectivity index (χ0) is 14.5. The Balaban J connectivity index is 1.89. The molecule has 0 atom stereocenters. The van der Waals surface area contributed by atoms with E-state index in [1.165, 1.54) is 0 Å². The molecular formula is C14H16N2O4. The van der Waals surface area contributed by atoms with Crippen LogP contribution in [0.2, 0.25) is 0 Å². The first-order valence-corrected chi connectivity index (χ1v) is 6.43. The van der Waals surface area contributed by atoms with Crippen LogP contribution in [-0.2, 0) is 4.79 Å². The predicted molar refractivity (Wildman–Crippen MR) is 72.6 cm³/mol. The molecule has 0 aliphatic heterocycles. The van der Waals surface area contributed by atoms with Gasteiger partial charge in [0.05, 0.1) is 0 Å². The van der Waals surface area contributed by atoms with Crippen molar-refractivity contribution in [1.29, 1.82) is 0 Å². The summed E-state index contributed by atoms with van der Waals surface area (Å²) in [5, 5.41) is 11.2. The monoisotopic (exact) mass is 276 g/mol. The van der Waals surface area contributed by atoms with Gasteiger partial charge in [-0.05, 0) is 31.9 Å². The largest absolute Gasteiger partial charge is 0.481 e. The fraction of sp³-hybridized carbons (Fsp3) is 0.357. The maximum atomic E-state index is 11.8. The van der Waals surface area contributed by atoms with Gasteiger partial charge in [0.15, 0.2) is 11.3 Å². The molecular weight excluding hydrogens is 260 g/mol. The SMILES string of the molecule is Cc1ccc2oc(C(=O)NCCCCC(=O)O)cc2n1. The fourth-order valence-corrected chi connectivity index (χ4v) is 1.83. The summed E-state index contributed by atoms with van der Waals surface area (Å²) in [6.45, 7) is 2.30. The van der Waals surface area contributed by atoms with E-state index in [-0.39, 0.29) is 18.1 Å². The topological polar surface area (TPSA) is 92.4 Å². The summed E-state index contributed by atoms with van der Waals surface area (Å²) < 4.78 is 5.41. The summed E-state index contributed by atoms with van der Waals surface area (Å²) in [4.78, 5) is 26.5. The lowest BCUT2D eigenvalue weighted by molar-refractivity contribution is -0.137. The first-order valence-electron chi connectivity index (χ1n) is 6.43. The molecule has 2 heterocycles. The van der Waals surface area contributed by atoms with E-state index in [2.05, 4.69) is 10.3 Å². The molecule has 0 saturated heterocycles. The molecule has 2 aromatic heterocycles. The van der Waals surface area contributed by atoms with Crippen molar-refractivity contribution in [2.45, 2.75) is 26.2 Å². The molecule has 0 bridgehead atoms. The summed E-state index contributed by atoms with van der Waals surface area (Å²) in [6, 6.07) is 5.20. The third-order valence-corrected chi connectivity index (χ3v) is 2.84. The summed E-state index contributed by atoms with van der Waals surface area (Å²) >= 11 is 0. The Morgan fingerprint density at radius 1 is 1.35 bits per heavy atom. The van der Waals surface area contributed by atoms with Gasteiger partial charge in [-0.1, -0.05) is 0 Å². The van der Waals surface area contributed by atoms with Crippen LogP contribution in [0, 0.1) is 6.92 Å². The van der Waals surface area contributed by atoms with Crippen LogP contribution < -0.4 is 5.32 Å². The van der Waals surface area contributed by atoms with Crippen LogP contribution in [0.3, 0.4) is 0 Å². The van der Waals surface area contributed by atoms with Crippen molar-refractivity contribution < 1.29 is 19.1 Å². The number of carbonyl (C=O) groups excluding carboxylic acids is 1. The smallest absolute Gasteiger partial charge is 0.303 e. The van der Waals surface area contributed by atoms with Gasteiger partial charge in [0.1, 0.15) is 5.52 Å². The Morgan fingerprint density at radius 3 is 2.90 bits per heavy atom. The highest BCUT2D eigenvalue weighted by molar-refractivity contribution is 5.95. The number of hydrogen-bond donors (Lipinski definition) is 2. The molecule has 1 amide bonds. The highest BCUT2D eigenvalue weighted by Crippen LogP contribution is 2.17. The minimum atomic E-state index is -0.824. The number of carbonyl (C=O) groups is 2. The molecule has 2 aromatic rings. The quantitative estimate of drug-likeness (QED) is 0.788. The van der Waals surface area contributed by atoms with Crippen molar-refractivity contribution in [3.8, 4) is 0 Å². The molecule has 6 heteroatoms. The number of amides is 1. The molecule has 106 valence electrons. The standard InChI is InChI=1S/C14H16N2O4/c1-9-5-6-11-10(16-9)8-12(20-11)14(19)15-7-3-2-4-13(17)18/h5-6,8H,2-4,7H2,1H3,(H,15,19)(H,17,18). The summed E-state index contributed by atoms with van der Waals surface area (Å²) in [6.07, 6.45) is 1.27. The zero-order valence-corrected chi connectivity index (χ0v) is 11.2. The maximum absolute atomic E-state index is 11.8. The average Bonchev–Trinajstić information content (AvgIpc) is 2.80. The van der Waals surface area contributed by atoms with Crippen LogP contribution in [0.15, 0.2) is 22.6 Å². The molecule has 6 nitrogen and oxygen atoms in total. The van der Waals surface area contributed by atoms with Crippen LogP contribution in [0.4, 0.5) is 0 Å². The normalized spacial score (nSPS) is 10.7. The molecule has 0 aromatic carbocycles. The number of aromatic nitrogens is 1. The van der Waals surface area contributed by atoms with Crippen molar-refractivity contribution in [2.75, 3.05) is 6.54 Å². The summed E-state index contributed by atoms with van der Waals surface area (Å²) in [5.74, 6) is -0.914. The first-order chi connectivity index (χ1) is 9.56. The molecule has 2 rings (SSSR count). The molecule has 0 aliphatic rings. The lowest BCUT2D eigenvalue weighted by Gasteiger charge is -2.01. The Hall–Kier alpha value is -2.37. The predicted octanol–water partition coefficient (Wildman–Crippen LogP) is 2.12. The second-order valence-corrected chi connectivity index (χ2v) is 4.55. The Bertz CT molecular complexity index is 633. The summed E-state index contributed by atoms with van der Waals surface area (Å²) in [7, 11) is 0. The number of pyridine rings is 1. The number of nitrogens with one attached hydrogen (secondary N) is 1. The number of unbranched alkanes of at least 4 members (excludes halogenated alkanes) is 1.